The van der Waals surface area contributed by atoms with Crippen molar-refractivity contribution in [1.82, 2.24) is 10.9 Å². The van der Waals surface area contributed by atoms with Crippen molar-refractivity contribution in [2.24, 2.45) is 0 Å². The zero-order valence-electron chi connectivity index (χ0n) is 15.2. The molecule has 0 saturated heterocycles. The first kappa shape index (κ1) is 20.0. The summed E-state index contributed by atoms with van der Waals surface area (Å²) in [5.74, 6) is -0.716. The molecule has 1 atom stereocenters. The van der Waals surface area contributed by atoms with E-state index >= 15 is 0 Å². The average molecular weight is 376 g/mol. The third-order valence-electron chi connectivity index (χ3n) is 3.53. The molecule has 0 heterocycles. The molecule has 2 rings (SSSR count). The van der Waals surface area contributed by atoms with Gasteiger partial charge in [-0.25, -0.2) is 4.39 Å². The van der Waals surface area contributed by atoms with Gasteiger partial charge in [0.25, 0.3) is 11.8 Å². The van der Waals surface area contributed by atoms with Crippen molar-refractivity contribution in [3.63, 3.8) is 0 Å². The Bertz CT molecular complexity index is 795. The van der Waals surface area contributed by atoms with E-state index in [2.05, 4.69) is 10.9 Å². The highest BCUT2D eigenvalue weighted by Crippen LogP contribution is 2.19. The van der Waals surface area contributed by atoms with Gasteiger partial charge in [-0.05, 0) is 56.3 Å². The number of nitrogens with one attached hydrogen (secondary N) is 2. The fraction of sp³-hybridized carbons (Fsp3) is 0.263. The zero-order valence-corrected chi connectivity index (χ0v) is 15.2. The predicted molar refractivity (Wildman–Crippen MR) is 96.3 cm³/mol. The molecule has 144 valence electrons. The van der Waals surface area contributed by atoms with Crippen LogP contribution in [0.1, 0.15) is 24.2 Å². The number of benzene rings is 2. The number of amides is 2. The number of ether oxygens (including phenoxy) is 3. The molecule has 2 N–H and O–H groups in total. The Morgan fingerprint density at radius 2 is 1.74 bits per heavy atom. The van der Waals surface area contributed by atoms with Crippen molar-refractivity contribution in [1.29, 1.82) is 0 Å². The number of rotatable bonds is 7. The zero-order chi connectivity index (χ0) is 19.8. The average Bonchev–Trinajstić information content (AvgIpc) is 2.67. The Hall–Kier alpha value is -3.29. The summed E-state index contributed by atoms with van der Waals surface area (Å²) in [7, 11) is 1.32. The summed E-state index contributed by atoms with van der Waals surface area (Å²) >= 11 is 0. The molecular weight excluding hydrogens is 355 g/mol. The Morgan fingerprint density at radius 1 is 1.07 bits per heavy atom. The number of hydrogen-bond acceptors (Lipinski definition) is 5. The highest BCUT2D eigenvalue weighted by Gasteiger charge is 2.16. The molecule has 2 aromatic rings. The van der Waals surface area contributed by atoms with Crippen LogP contribution in [0.2, 0.25) is 0 Å². The van der Waals surface area contributed by atoms with Crippen LogP contribution in [0.4, 0.5) is 4.39 Å². The number of halogens is 1. The largest absolute Gasteiger partial charge is 0.494 e. The summed E-state index contributed by atoms with van der Waals surface area (Å²) in [6, 6.07) is 10.5. The quantitative estimate of drug-likeness (QED) is 0.725. The van der Waals surface area contributed by atoms with Crippen LogP contribution in [0, 0.1) is 5.82 Å². The minimum atomic E-state index is -0.865. The van der Waals surface area contributed by atoms with Gasteiger partial charge in [-0.15, -0.1) is 0 Å². The SMILES string of the molecule is CCOc1ccc(O[C@@H](C)C(=O)NNC(=O)c2ccc(OC)c(F)c2)cc1. The third-order valence-corrected chi connectivity index (χ3v) is 3.53. The van der Waals surface area contributed by atoms with Crippen LogP contribution < -0.4 is 25.1 Å². The lowest BCUT2D eigenvalue weighted by molar-refractivity contribution is -0.128. The minimum absolute atomic E-state index is 0.0213. The van der Waals surface area contributed by atoms with E-state index < -0.39 is 23.7 Å². The highest BCUT2D eigenvalue weighted by atomic mass is 19.1. The van der Waals surface area contributed by atoms with Gasteiger partial charge in [-0.2, -0.15) is 0 Å². The molecule has 0 aromatic heterocycles. The van der Waals surface area contributed by atoms with E-state index in [0.29, 0.717) is 18.1 Å². The molecule has 0 bridgehead atoms. The van der Waals surface area contributed by atoms with Crippen LogP contribution in [0.5, 0.6) is 17.2 Å². The smallest absolute Gasteiger partial charge is 0.279 e. The van der Waals surface area contributed by atoms with Crippen LogP contribution in [0.15, 0.2) is 42.5 Å². The molecule has 0 radical (unpaired) electrons. The van der Waals surface area contributed by atoms with Gasteiger partial charge in [0.15, 0.2) is 17.7 Å². The number of hydrogen-bond donors (Lipinski definition) is 2. The molecule has 0 aliphatic heterocycles. The molecule has 27 heavy (non-hydrogen) atoms. The van der Waals surface area contributed by atoms with E-state index in [0.717, 1.165) is 6.07 Å². The van der Waals surface area contributed by atoms with Crippen LogP contribution >= 0.6 is 0 Å². The Morgan fingerprint density at radius 3 is 2.33 bits per heavy atom. The van der Waals surface area contributed by atoms with Crippen molar-refractivity contribution >= 4 is 11.8 Å². The van der Waals surface area contributed by atoms with Gasteiger partial charge < -0.3 is 14.2 Å². The molecule has 0 aliphatic rings. The molecule has 0 unspecified atom stereocenters. The first-order valence-electron chi connectivity index (χ1n) is 8.27. The number of methoxy groups -OCH3 is 1. The predicted octanol–water partition coefficient (Wildman–Crippen LogP) is 2.46. The van der Waals surface area contributed by atoms with Crippen LogP contribution in [0.3, 0.4) is 0 Å². The summed E-state index contributed by atoms with van der Waals surface area (Å²) in [6.07, 6.45) is -0.865. The number of hydrazine groups is 1. The van der Waals surface area contributed by atoms with E-state index in [-0.39, 0.29) is 11.3 Å². The summed E-state index contributed by atoms with van der Waals surface area (Å²) in [5, 5.41) is 0. The van der Waals surface area contributed by atoms with Crippen LogP contribution in [-0.2, 0) is 4.79 Å². The van der Waals surface area contributed by atoms with E-state index in [4.69, 9.17) is 14.2 Å². The van der Waals surface area contributed by atoms with Gasteiger partial charge in [0.1, 0.15) is 11.5 Å². The fourth-order valence-electron chi connectivity index (χ4n) is 2.14. The van der Waals surface area contributed by atoms with E-state index in [1.54, 1.807) is 24.3 Å². The van der Waals surface area contributed by atoms with Crippen molar-refractivity contribution in [3.05, 3.63) is 53.8 Å². The van der Waals surface area contributed by atoms with E-state index in [1.165, 1.54) is 26.2 Å². The summed E-state index contributed by atoms with van der Waals surface area (Å²) < 4.78 is 29.2. The maximum absolute atomic E-state index is 13.6. The Balaban J connectivity index is 1.86. The molecule has 0 spiro atoms. The molecule has 0 aliphatic carbocycles. The van der Waals surface area contributed by atoms with Crippen LogP contribution in [-0.4, -0.2) is 31.6 Å². The maximum atomic E-state index is 13.6. The number of carbonyl (C=O) groups is 2. The first-order chi connectivity index (χ1) is 12.9. The Kier molecular flexibility index (Phi) is 6.99. The molecular formula is C19H21FN2O5. The van der Waals surface area contributed by atoms with Crippen molar-refractivity contribution in [3.8, 4) is 17.2 Å². The van der Waals surface area contributed by atoms with Gasteiger partial charge in [0.2, 0.25) is 0 Å². The normalized spacial score (nSPS) is 11.3. The maximum Gasteiger partial charge on any atom is 0.279 e. The van der Waals surface area contributed by atoms with Gasteiger partial charge in [0, 0.05) is 5.56 Å². The van der Waals surface area contributed by atoms with Crippen molar-refractivity contribution in [2.45, 2.75) is 20.0 Å². The lowest BCUT2D eigenvalue weighted by Crippen LogP contribution is -2.47. The van der Waals surface area contributed by atoms with Gasteiger partial charge in [-0.1, -0.05) is 0 Å². The second-order valence-corrected chi connectivity index (χ2v) is 5.46. The summed E-state index contributed by atoms with van der Waals surface area (Å²) in [5.41, 5.74) is 4.48. The molecule has 0 fully saturated rings. The Labute approximate surface area is 156 Å². The highest BCUT2D eigenvalue weighted by molar-refractivity contribution is 5.95. The third kappa shape index (κ3) is 5.60. The van der Waals surface area contributed by atoms with Crippen molar-refractivity contribution in [2.75, 3.05) is 13.7 Å². The minimum Gasteiger partial charge on any atom is -0.494 e. The van der Waals surface area contributed by atoms with Gasteiger partial charge in [-0.3, -0.25) is 20.4 Å². The van der Waals surface area contributed by atoms with E-state index in [1.807, 2.05) is 6.92 Å². The van der Waals surface area contributed by atoms with Crippen LogP contribution in [0.25, 0.3) is 0 Å². The van der Waals surface area contributed by atoms with Gasteiger partial charge >= 0.3 is 0 Å². The lowest BCUT2D eigenvalue weighted by Gasteiger charge is -2.15. The second-order valence-electron chi connectivity index (χ2n) is 5.46. The van der Waals surface area contributed by atoms with E-state index in [9.17, 15) is 14.0 Å². The molecule has 8 heteroatoms. The number of carbonyl (C=O) groups excluding carboxylic acids is 2. The molecule has 7 nitrogen and oxygen atoms in total. The summed E-state index contributed by atoms with van der Waals surface area (Å²) in [6.45, 7) is 3.97. The monoisotopic (exact) mass is 376 g/mol. The van der Waals surface area contributed by atoms with Gasteiger partial charge in [0.05, 0.1) is 13.7 Å². The molecule has 0 saturated carbocycles. The first-order valence-corrected chi connectivity index (χ1v) is 8.27. The fourth-order valence-corrected chi connectivity index (χ4v) is 2.14. The molecule has 2 amide bonds. The topological polar surface area (TPSA) is 85.9 Å². The lowest BCUT2D eigenvalue weighted by atomic mass is 10.2. The summed E-state index contributed by atoms with van der Waals surface area (Å²) in [4.78, 5) is 24.0. The van der Waals surface area contributed by atoms with Crippen molar-refractivity contribution < 1.29 is 28.2 Å². The second kappa shape index (κ2) is 9.42. The standard InChI is InChI=1S/C19H21FN2O5/c1-4-26-14-6-8-15(9-7-14)27-12(2)18(23)21-22-19(24)13-5-10-17(25-3)16(20)11-13/h5-12H,4H2,1-3H3,(H,21,23)(H,22,24)/t12-/m0/s1. The molecule has 2 aromatic carbocycles.